The number of aryl methyl sites for hydroxylation is 1. The van der Waals surface area contributed by atoms with Crippen LogP contribution in [0.2, 0.25) is 0 Å². The first-order chi connectivity index (χ1) is 11.4. The molecular formula is C18H27N3O3. The van der Waals surface area contributed by atoms with Crippen molar-refractivity contribution in [1.82, 2.24) is 10.2 Å². The molecule has 2 N–H and O–H groups in total. The summed E-state index contributed by atoms with van der Waals surface area (Å²) >= 11 is 0. The monoisotopic (exact) mass is 333 g/mol. The lowest BCUT2D eigenvalue weighted by Crippen LogP contribution is -2.47. The van der Waals surface area contributed by atoms with E-state index >= 15 is 0 Å². The van der Waals surface area contributed by atoms with Gasteiger partial charge in [-0.1, -0.05) is 6.07 Å². The van der Waals surface area contributed by atoms with Crippen LogP contribution in [0.3, 0.4) is 0 Å². The Morgan fingerprint density at radius 1 is 1.25 bits per heavy atom. The molecule has 2 rings (SSSR count). The Morgan fingerprint density at radius 3 is 2.50 bits per heavy atom. The molecule has 0 aliphatic carbocycles. The highest BCUT2D eigenvalue weighted by Gasteiger charge is 2.28. The van der Waals surface area contributed by atoms with Gasteiger partial charge in [-0.15, -0.1) is 0 Å². The Kier molecular flexibility index (Phi) is 6.06. The van der Waals surface area contributed by atoms with E-state index in [9.17, 15) is 9.59 Å². The molecule has 0 atom stereocenters. The van der Waals surface area contributed by atoms with Crippen molar-refractivity contribution >= 4 is 17.6 Å². The number of amides is 3. The lowest BCUT2D eigenvalue weighted by molar-refractivity contribution is -0.121. The number of nitrogens with zero attached hydrogens (tertiary/aromatic N) is 1. The Hall–Kier alpha value is -2.24. The van der Waals surface area contributed by atoms with Crippen LogP contribution >= 0.6 is 0 Å². The van der Waals surface area contributed by atoms with Crippen molar-refractivity contribution < 1.29 is 14.3 Å². The summed E-state index contributed by atoms with van der Waals surface area (Å²) in [6, 6.07) is 5.77. The van der Waals surface area contributed by atoms with Crippen molar-refractivity contribution in [1.29, 1.82) is 0 Å². The average Bonchev–Trinajstić information content (AvgIpc) is 2.54. The molecule has 1 aromatic rings. The third-order valence-electron chi connectivity index (χ3n) is 4.18. The molecule has 1 aliphatic heterocycles. The molecule has 1 heterocycles. The molecule has 6 heteroatoms. The maximum absolute atomic E-state index is 12.5. The summed E-state index contributed by atoms with van der Waals surface area (Å²) in [5, 5.41) is 5.85. The van der Waals surface area contributed by atoms with E-state index in [0.717, 1.165) is 5.56 Å². The first-order valence-electron chi connectivity index (χ1n) is 8.41. The predicted molar refractivity (Wildman–Crippen MR) is 94.3 cm³/mol. The number of anilines is 1. The van der Waals surface area contributed by atoms with Crippen molar-refractivity contribution in [3.05, 3.63) is 23.8 Å². The first kappa shape index (κ1) is 18.1. The standard InChI is InChI=1S/C18H27N3O3/c1-12(2)19-18(23)21-9-7-14(8-10-21)17(22)20-15-11-13(3)5-6-16(15)24-4/h5-6,11-12,14H,7-10H2,1-4H3,(H,19,23)(H,20,22). The third kappa shape index (κ3) is 4.63. The molecule has 24 heavy (non-hydrogen) atoms. The number of likely N-dealkylation sites (tertiary alicyclic amines) is 1. The van der Waals surface area contributed by atoms with E-state index in [2.05, 4.69) is 10.6 Å². The van der Waals surface area contributed by atoms with Gasteiger partial charge >= 0.3 is 6.03 Å². The first-order valence-corrected chi connectivity index (χ1v) is 8.41. The number of benzene rings is 1. The number of hydrogen-bond acceptors (Lipinski definition) is 3. The zero-order chi connectivity index (χ0) is 17.7. The average molecular weight is 333 g/mol. The van der Waals surface area contributed by atoms with Crippen LogP contribution in [0.15, 0.2) is 18.2 Å². The number of ether oxygens (including phenoxy) is 1. The number of nitrogens with one attached hydrogen (secondary N) is 2. The van der Waals surface area contributed by atoms with E-state index in [-0.39, 0.29) is 23.9 Å². The van der Waals surface area contributed by atoms with E-state index in [1.165, 1.54) is 0 Å². The molecule has 0 unspecified atom stereocenters. The van der Waals surface area contributed by atoms with Gasteiger partial charge in [0.1, 0.15) is 5.75 Å². The Morgan fingerprint density at radius 2 is 1.92 bits per heavy atom. The van der Waals surface area contributed by atoms with Crippen LogP contribution in [0.1, 0.15) is 32.3 Å². The Labute approximate surface area is 143 Å². The highest BCUT2D eigenvalue weighted by molar-refractivity contribution is 5.94. The minimum atomic E-state index is -0.0849. The molecule has 1 saturated heterocycles. The number of urea groups is 1. The van der Waals surface area contributed by atoms with Gasteiger partial charge in [-0.05, 0) is 51.3 Å². The third-order valence-corrected chi connectivity index (χ3v) is 4.18. The van der Waals surface area contributed by atoms with Gasteiger partial charge in [0.25, 0.3) is 0 Å². The maximum Gasteiger partial charge on any atom is 0.317 e. The number of rotatable bonds is 4. The van der Waals surface area contributed by atoms with Crippen LogP contribution in [0.5, 0.6) is 5.75 Å². The van der Waals surface area contributed by atoms with Gasteiger partial charge in [-0.3, -0.25) is 4.79 Å². The molecule has 1 aromatic carbocycles. The molecule has 3 amide bonds. The summed E-state index contributed by atoms with van der Waals surface area (Å²) in [5.41, 5.74) is 1.76. The number of methoxy groups -OCH3 is 1. The predicted octanol–water partition coefficient (Wildman–Crippen LogP) is 2.77. The van der Waals surface area contributed by atoms with E-state index in [1.54, 1.807) is 12.0 Å². The van der Waals surface area contributed by atoms with E-state index < -0.39 is 0 Å². The summed E-state index contributed by atoms with van der Waals surface area (Å²) in [7, 11) is 1.59. The van der Waals surface area contributed by atoms with Gasteiger partial charge in [0.15, 0.2) is 0 Å². The molecule has 1 fully saturated rings. The van der Waals surface area contributed by atoms with Crippen LogP contribution in [-0.4, -0.2) is 43.1 Å². The fraction of sp³-hybridized carbons (Fsp3) is 0.556. The number of hydrogen-bond donors (Lipinski definition) is 2. The topological polar surface area (TPSA) is 70.7 Å². The molecule has 1 aliphatic rings. The van der Waals surface area contributed by atoms with Crippen LogP contribution in [0.4, 0.5) is 10.5 Å². The summed E-state index contributed by atoms with van der Waals surface area (Å²) < 4.78 is 5.30. The second-order valence-electron chi connectivity index (χ2n) is 6.56. The normalized spacial score (nSPS) is 15.3. The summed E-state index contributed by atoms with van der Waals surface area (Å²) in [6.07, 6.45) is 1.34. The number of carbonyl (C=O) groups is 2. The highest BCUT2D eigenvalue weighted by Crippen LogP contribution is 2.27. The quantitative estimate of drug-likeness (QED) is 0.890. The Bertz CT molecular complexity index is 593. The maximum atomic E-state index is 12.5. The Balaban J connectivity index is 1.91. The number of piperidine rings is 1. The zero-order valence-corrected chi connectivity index (χ0v) is 14.9. The fourth-order valence-corrected chi connectivity index (χ4v) is 2.84. The van der Waals surface area contributed by atoms with Gasteiger partial charge in [0.2, 0.25) is 5.91 Å². The minimum absolute atomic E-state index is 0.0113. The van der Waals surface area contributed by atoms with E-state index in [0.29, 0.717) is 37.4 Å². The van der Waals surface area contributed by atoms with Gasteiger partial charge < -0.3 is 20.3 Å². The van der Waals surface area contributed by atoms with Crippen LogP contribution < -0.4 is 15.4 Å². The van der Waals surface area contributed by atoms with Gasteiger partial charge in [0, 0.05) is 25.0 Å². The molecule has 0 aromatic heterocycles. The van der Waals surface area contributed by atoms with E-state index in [4.69, 9.17) is 4.74 Å². The smallest absolute Gasteiger partial charge is 0.317 e. The molecule has 132 valence electrons. The van der Waals surface area contributed by atoms with Crippen molar-refractivity contribution in [3.8, 4) is 5.75 Å². The SMILES string of the molecule is COc1ccc(C)cc1NC(=O)C1CCN(C(=O)NC(C)C)CC1. The summed E-state index contributed by atoms with van der Waals surface area (Å²) in [6.45, 7) is 7.05. The van der Waals surface area contributed by atoms with Crippen LogP contribution in [-0.2, 0) is 4.79 Å². The second-order valence-corrected chi connectivity index (χ2v) is 6.56. The molecular weight excluding hydrogens is 306 g/mol. The zero-order valence-electron chi connectivity index (χ0n) is 14.9. The summed E-state index contributed by atoms with van der Waals surface area (Å²) in [4.78, 5) is 26.3. The van der Waals surface area contributed by atoms with Crippen LogP contribution in [0, 0.1) is 12.8 Å². The molecule has 6 nitrogen and oxygen atoms in total. The molecule has 0 radical (unpaired) electrons. The lowest BCUT2D eigenvalue weighted by Gasteiger charge is -2.32. The second kappa shape index (κ2) is 8.04. The number of carbonyl (C=O) groups excluding carboxylic acids is 2. The summed E-state index contributed by atoms with van der Waals surface area (Å²) in [5.74, 6) is 0.559. The molecule has 0 bridgehead atoms. The van der Waals surface area contributed by atoms with Gasteiger partial charge in [0.05, 0.1) is 12.8 Å². The molecule has 0 spiro atoms. The van der Waals surface area contributed by atoms with Crippen molar-refractivity contribution in [2.75, 3.05) is 25.5 Å². The fourth-order valence-electron chi connectivity index (χ4n) is 2.84. The van der Waals surface area contributed by atoms with Crippen molar-refractivity contribution in [3.63, 3.8) is 0 Å². The molecule has 0 saturated carbocycles. The largest absolute Gasteiger partial charge is 0.495 e. The van der Waals surface area contributed by atoms with Crippen molar-refractivity contribution in [2.45, 2.75) is 39.7 Å². The minimum Gasteiger partial charge on any atom is -0.495 e. The van der Waals surface area contributed by atoms with Gasteiger partial charge in [-0.25, -0.2) is 4.79 Å². The lowest BCUT2D eigenvalue weighted by atomic mass is 9.96. The van der Waals surface area contributed by atoms with Crippen LogP contribution in [0.25, 0.3) is 0 Å². The van der Waals surface area contributed by atoms with Gasteiger partial charge in [-0.2, -0.15) is 0 Å². The van der Waals surface area contributed by atoms with Crippen molar-refractivity contribution in [2.24, 2.45) is 5.92 Å². The highest BCUT2D eigenvalue weighted by atomic mass is 16.5. The van der Waals surface area contributed by atoms with E-state index in [1.807, 2.05) is 39.0 Å².